The number of fused-ring (bicyclic) bond motifs is 1. The zero-order valence-corrected chi connectivity index (χ0v) is 17.7. The number of anilines is 3. The van der Waals surface area contributed by atoms with Crippen molar-refractivity contribution in [1.82, 2.24) is 15.0 Å². The van der Waals surface area contributed by atoms with E-state index < -0.39 is 23.4 Å². The van der Waals surface area contributed by atoms with Gasteiger partial charge in [0, 0.05) is 19.0 Å². The maximum absolute atomic E-state index is 14.0. The molecule has 0 saturated heterocycles. The van der Waals surface area contributed by atoms with E-state index in [1.807, 2.05) is 0 Å². The van der Waals surface area contributed by atoms with Gasteiger partial charge in [0.15, 0.2) is 5.13 Å². The number of alkyl halides is 5. The van der Waals surface area contributed by atoms with Crippen molar-refractivity contribution in [3.8, 4) is 0 Å². The third-order valence-corrected chi connectivity index (χ3v) is 6.09. The Hall–Kier alpha value is -2.60. The van der Waals surface area contributed by atoms with Gasteiger partial charge in [-0.15, -0.1) is 0 Å². The van der Waals surface area contributed by atoms with Gasteiger partial charge >= 0.3 is 6.18 Å². The Kier molecular flexibility index (Phi) is 5.93. The number of nitrogens with one attached hydrogen (secondary N) is 2. The zero-order valence-electron chi connectivity index (χ0n) is 16.9. The minimum Gasteiger partial charge on any atom is -0.393 e. The number of hydrogen-bond acceptors (Lipinski definition) is 7. The molecule has 1 aliphatic carbocycles. The first kappa shape index (κ1) is 22.6. The van der Waals surface area contributed by atoms with E-state index in [2.05, 4.69) is 25.6 Å². The summed E-state index contributed by atoms with van der Waals surface area (Å²) in [6, 6.07) is 4.22. The van der Waals surface area contributed by atoms with Gasteiger partial charge in [0.25, 0.3) is 5.92 Å². The molecule has 1 saturated carbocycles. The van der Waals surface area contributed by atoms with Gasteiger partial charge in [-0.2, -0.15) is 26.9 Å². The van der Waals surface area contributed by atoms with E-state index in [9.17, 15) is 27.1 Å². The number of aromatic nitrogens is 3. The summed E-state index contributed by atoms with van der Waals surface area (Å²) in [5.74, 6) is -3.17. The lowest BCUT2D eigenvalue weighted by Crippen LogP contribution is -2.29. The fraction of sp³-hybridized carbons (Fsp3) is 0.450. The highest BCUT2D eigenvalue weighted by atomic mass is 32.1. The van der Waals surface area contributed by atoms with Crippen molar-refractivity contribution in [3.05, 3.63) is 35.5 Å². The Labute approximate surface area is 183 Å². The molecule has 0 unspecified atom stereocenters. The SMILES string of the molecule is CC(F)(F)c1cc(Nc2nc3ccc(C(F)(F)F)cc3s2)nc(NC2CCC(O)CC2)n1. The van der Waals surface area contributed by atoms with Gasteiger partial charge in [0.2, 0.25) is 5.95 Å². The van der Waals surface area contributed by atoms with Gasteiger partial charge in [-0.1, -0.05) is 11.3 Å². The standard InChI is InChI=1S/C20H20F5N5OS/c1-19(21,22)15-9-16(29-17(28-15)26-11-3-5-12(31)6-4-11)30-18-27-13-7-2-10(20(23,24)25)8-14(13)32-18/h2,7-9,11-12,31H,3-6H2,1H3,(H2,26,27,28,29,30). The number of nitrogens with zero attached hydrogens (tertiary/aromatic N) is 3. The molecule has 3 N–H and O–H groups in total. The van der Waals surface area contributed by atoms with Crippen LogP contribution in [0.3, 0.4) is 0 Å². The van der Waals surface area contributed by atoms with Crippen molar-refractivity contribution in [1.29, 1.82) is 0 Å². The normalized spacial score (nSPS) is 19.8. The minimum absolute atomic E-state index is 0.00776. The number of thiazole rings is 1. The number of hydrogen-bond donors (Lipinski definition) is 3. The van der Waals surface area contributed by atoms with Crippen LogP contribution in [0.1, 0.15) is 43.9 Å². The Balaban J connectivity index is 1.60. The zero-order chi connectivity index (χ0) is 23.1. The molecule has 0 atom stereocenters. The molecule has 2 aromatic heterocycles. The largest absolute Gasteiger partial charge is 0.416 e. The lowest BCUT2D eigenvalue weighted by molar-refractivity contribution is -0.137. The summed E-state index contributed by atoms with van der Waals surface area (Å²) in [4.78, 5) is 12.4. The minimum atomic E-state index is -4.48. The summed E-state index contributed by atoms with van der Waals surface area (Å²) >= 11 is 0.959. The third kappa shape index (κ3) is 5.23. The van der Waals surface area contributed by atoms with Gasteiger partial charge < -0.3 is 15.7 Å². The highest BCUT2D eigenvalue weighted by Gasteiger charge is 2.31. The van der Waals surface area contributed by atoms with Crippen LogP contribution in [0, 0.1) is 0 Å². The van der Waals surface area contributed by atoms with Crippen molar-refractivity contribution in [2.75, 3.05) is 10.6 Å². The molecule has 4 rings (SSSR count). The molecule has 6 nitrogen and oxygen atoms in total. The summed E-state index contributed by atoms with van der Waals surface area (Å²) in [6.07, 6.45) is -2.35. The molecule has 1 fully saturated rings. The maximum Gasteiger partial charge on any atom is 0.416 e. The maximum atomic E-state index is 14.0. The van der Waals surface area contributed by atoms with Crippen molar-refractivity contribution >= 4 is 38.5 Å². The summed E-state index contributed by atoms with van der Waals surface area (Å²) in [7, 11) is 0. The molecule has 2 heterocycles. The average molecular weight is 473 g/mol. The van der Waals surface area contributed by atoms with Crippen molar-refractivity contribution in [3.63, 3.8) is 0 Å². The van der Waals surface area contributed by atoms with Crippen LogP contribution in [0.25, 0.3) is 10.2 Å². The van der Waals surface area contributed by atoms with Crippen LogP contribution in [0.4, 0.5) is 38.8 Å². The third-order valence-electron chi connectivity index (χ3n) is 5.16. The molecule has 1 aliphatic rings. The number of aliphatic hydroxyl groups excluding tert-OH is 1. The van der Waals surface area contributed by atoms with E-state index in [0.717, 1.165) is 36.5 Å². The van der Waals surface area contributed by atoms with E-state index in [4.69, 9.17) is 0 Å². The lowest BCUT2D eigenvalue weighted by Gasteiger charge is -2.26. The Bertz CT molecular complexity index is 1110. The Morgan fingerprint density at radius 1 is 1.00 bits per heavy atom. The van der Waals surface area contributed by atoms with Crippen LogP contribution in [0.5, 0.6) is 0 Å². The van der Waals surface area contributed by atoms with Gasteiger partial charge in [-0.3, -0.25) is 0 Å². The highest BCUT2D eigenvalue weighted by Crippen LogP contribution is 2.36. The average Bonchev–Trinajstić information content (AvgIpc) is 3.09. The van der Waals surface area contributed by atoms with Crippen LogP contribution in [-0.4, -0.2) is 32.2 Å². The van der Waals surface area contributed by atoms with Crippen LogP contribution < -0.4 is 10.6 Å². The highest BCUT2D eigenvalue weighted by molar-refractivity contribution is 7.22. The Morgan fingerprint density at radius 3 is 2.38 bits per heavy atom. The molecule has 0 bridgehead atoms. The second-order valence-corrected chi connectivity index (χ2v) is 8.86. The first-order chi connectivity index (χ1) is 15.0. The fourth-order valence-corrected chi connectivity index (χ4v) is 4.38. The topological polar surface area (TPSA) is 83.0 Å². The molecule has 0 amide bonds. The van der Waals surface area contributed by atoms with Gasteiger partial charge in [-0.25, -0.2) is 9.97 Å². The van der Waals surface area contributed by atoms with Crippen molar-refractivity contribution in [2.24, 2.45) is 0 Å². The quantitative estimate of drug-likeness (QED) is 0.414. The first-order valence-electron chi connectivity index (χ1n) is 9.94. The van der Waals surface area contributed by atoms with Gasteiger partial charge in [-0.05, 0) is 43.9 Å². The molecular weight excluding hydrogens is 453 g/mol. The number of rotatable bonds is 5. The van der Waals surface area contributed by atoms with E-state index in [-0.39, 0.29) is 29.0 Å². The van der Waals surface area contributed by atoms with Gasteiger partial charge in [0.05, 0.1) is 21.9 Å². The smallest absolute Gasteiger partial charge is 0.393 e. The first-order valence-corrected chi connectivity index (χ1v) is 10.8. The molecule has 32 heavy (non-hydrogen) atoms. The molecule has 172 valence electrons. The van der Waals surface area contributed by atoms with E-state index >= 15 is 0 Å². The molecule has 0 spiro atoms. The second-order valence-electron chi connectivity index (χ2n) is 7.82. The molecular formula is C20H20F5N5OS. The summed E-state index contributed by atoms with van der Waals surface area (Å²) in [6.45, 7) is 0.718. The van der Waals surface area contributed by atoms with Crippen molar-refractivity contribution < 1.29 is 27.1 Å². The second kappa shape index (κ2) is 8.39. The van der Waals surface area contributed by atoms with E-state index in [1.165, 1.54) is 6.07 Å². The molecule has 1 aromatic carbocycles. The molecule has 0 aliphatic heterocycles. The fourth-order valence-electron chi connectivity index (χ4n) is 3.47. The number of aliphatic hydroxyl groups is 1. The molecule has 3 aromatic rings. The summed E-state index contributed by atoms with van der Waals surface area (Å²) < 4.78 is 67.1. The molecule has 0 radical (unpaired) electrons. The molecule has 12 heteroatoms. The monoisotopic (exact) mass is 473 g/mol. The summed E-state index contributed by atoms with van der Waals surface area (Å²) in [5, 5.41) is 15.7. The van der Waals surface area contributed by atoms with Crippen molar-refractivity contribution in [2.45, 2.75) is 56.9 Å². The van der Waals surface area contributed by atoms with E-state index in [0.29, 0.717) is 35.9 Å². The van der Waals surface area contributed by atoms with Crippen LogP contribution in [0.15, 0.2) is 24.3 Å². The Morgan fingerprint density at radius 2 is 1.72 bits per heavy atom. The van der Waals surface area contributed by atoms with Crippen LogP contribution in [-0.2, 0) is 12.1 Å². The predicted molar refractivity (Wildman–Crippen MR) is 111 cm³/mol. The number of benzene rings is 1. The summed E-state index contributed by atoms with van der Waals surface area (Å²) in [5.41, 5.74) is -0.951. The lowest BCUT2D eigenvalue weighted by atomic mass is 9.93. The number of halogens is 5. The van der Waals surface area contributed by atoms with Gasteiger partial charge in [0.1, 0.15) is 11.5 Å². The van der Waals surface area contributed by atoms with E-state index in [1.54, 1.807) is 0 Å². The van der Waals surface area contributed by atoms with Crippen LogP contribution in [0.2, 0.25) is 0 Å². The van der Waals surface area contributed by atoms with Crippen LogP contribution >= 0.6 is 11.3 Å². The predicted octanol–water partition coefficient (Wildman–Crippen LogP) is 5.68.